The fourth-order valence-electron chi connectivity index (χ4n) is 3.82. The van der Waals surface area contributed by atoms with Crippen molar-refractivity contribution in [2.45, 2.75) is 42.8 Å². The molecule has 2 aliphatic heterocycles. The first-order valence-electron chi connectivity index (χ1n) is 10.2. The third kappa shape index (κ3) is 4.90. The molecule has 0 saturated carbocycles. The first-order chi connectivity index (χ1) is 13.7. The van der Waals surface area contributed by atoms with Crippen LogP contribution in [0.1, 0.15) is 24.0 Å². The molecule has 4 nitrogen and oxygen atoms in total. The van der Waals surface area contributed by atoms with Gasteiger partial charge >= 0.3 is 0 Å². The van der Waals surface area contributed by atoms with Crippen LogP contribution < -0.4 is 4.90 Å². The molecular formula is C23H30N2O2S. The van der Waals surface area contributed by atoms with Crippen LogP contribution in [-0.2, 0) is 9.47 Å². The van der Waals surface area contributed by atoms with Crippen molar-refractivity contribution in [3.8, 4) is 0 Å². The first kappa shape index (κ1) is 19.8. The second-order valence-electron chi connectivity index (χ2n) is 7.68. The Bertz CT molecular complexity index is 784. The van der Waals surface area contributed by atoms with Crippen LogP contribution in [0.5, 0.6) is 0 Å². The summed E-state index contributed by atoms with van der Waals surface area (Å²) in [7, 11) is 0. The summed E-state index contributed by atoms with van der Waals surface area (Å²) in [6.07, 6.45) is 2.16. The molecule has 0 bridgehead atoms. The Labute approximate surface area is 172 Å². The first-order valence-corrected chi connectivity index (χ1v) is 11.1. The average Bonchev–Trinajstić information content (AvgIpc) is 3.23. The smallest absolute Gasteiger partial charge is 0.159 e. The van der Waals surface area contributed by atoms with Crippen molar-refractivity contribution < 1.29 is 9.47 Å². The number of hydrogen-bond acceptors (Lipinski definition) is 5. The summed E-state index contributed by atoms with van der Waals surface area (Å²) in [5.41, 5.74) is 4.00. The molecule has 0 radical (unpaired) electrons. The highest BCUT2D eigenvalue weighted by molar-refractivity contribution is 7.99. The lowest BCUT2D eigenvalue weighted by atomic mass is 10.2. The summed E-state index contributed by atoms with van der Waals surface area (Å²) in [4.78, 5) is 7.56. The van der Waals surface area contributed by atoms with E-state index >= 15 is 0 Å². The molecule has 5 heteroatoms. The van der Waals surface area contributed by atoms with E-state index in [0.717, 1.165) is 45.6 Å². The van der Waals surface area contributed by atoms with Crippen LogP contribution in [0.25, 0.3) is 0 Å². The Kier molecular flexibility index (Phi) is 6.58. The number of aryl methyl sites for hydroxylation is 2. The van der Waals surface area contributed by atoms with Crippen LogP contribution in [0.15, 0.2) is 52.3 Å². The number of nitrogens with zero attached hydrogens (tertiary/aromatic N) is 2. The molecule has 150 valence electrons. The summed E-state index contributed by atoms with van der Waals surface area (Å²) >= 11 is 1.87. The maximum absolute atomic E-state index is 5.89. The topological polar surface area (TPSA) is 24.9 Å². The zero-order valence-corrected chi connectivity index (χ0v) is 17.7. The normalized spacial score (nSPS) is 20.6. The molecule has 2 aromatic carbocycles. The van der Waals surface area contributed by atoms with Crippen LogP contribution in [0.4, 0.5) is 5.69 Å². The van der Waals surface area contributed by atoms with Gasteiger partial charge in [-0.2, -0.15) is 0 Å². The Hall–Kier alpha value is -1.53. The number of piperazine rings is 1. The molecule has 2 fully saturated rings. The number of rotatable bonds is 6. The maximum Gasteiger partial charge on any atom is 0.159 e. The van der Waals surface area contributed by atoms with Gasteiger partial charge < -0.3 is 14.4 Å². The van der Waals surface area contributed by atoms with Crippen LogP contribution in [-0.4, -0.2) is 50.7 Å². The lowest BCUT2D eigenvalue weighted by Gasteiger charge is -2.37. The van der Waals surface area contributed by atoms with E-state index in [9.17, 15) is 0 Å². The third-order valence-electron chi connectivity index (χ3n) is 5.46. The molecule has 0 N–H and O–H groups in total. The largest absolute Gasteiger partial charge is 0.368 e. The Morgan fingerprint density at radius 1 is 1.04 bits per heavy atom. The van der Waals surface area contributed by atoms with Crippen LogP contribution in [0.3, 0.4) is 0 Å². The number of anilines is 1. The van der Waals surface area contributed by atoms with Crippen molar-refractivity contribution in [3.63, 3.8) is 0 Å². The molecule has 2 aromatic rings. The SMILES string of the molecule is Cc1ccc(Sc2ccccc2N2CCN(CO[C@@H]3CCCO3)CC2)c(C)c1. The zero-order chi connectivity index (χ0) is 19.3. The highest BCUT2D eigenvalue weighted by Gasteiger charge is 2.22. The quantitative estimate of drug-likeness (QED) is 0.703. The summed E-state index contributed by atoms with van der Waals surface area (Å²) < 4.78 is 11.5. The lowest BCUT2D eigenvalue weighted by molar-refractivity contribution is -0.141. The van der Waals surface area contributed by atoms with E-state index in [4.69, 9.17) is 9.47 Å². The number of benzene rings is 2. The van der Waals surface area contributed by atoms with Crippen LogP contribution in [0.2, 0.25) is 0 Å². The van der Waals surface area contributed by atoms with Gasteiger partial charge in [-0.05, 0) is 44.0 Å². The minimum Gasteiger partial charge on any atom is -0.368 e. The van der Waals surface area contributed by atoms with Crippen LogP contribution in [0, 0.1) is 13.8 Å². The monoisotopic (exact) mass is 398 g/mol. The molecule has 2 aliphatic rings. The Morgan fingerprint density at radius 3 is 2.61 bits per heavy atom. The van der Waals surface area contributed by atoms with Crippen LogP contribution >= 0.6 is 11.8 Å². The van der Waals surface area contributed by atoms with Crippen molar-refractivity contribution in [3.05, 3.63) is 53.6 Å². The van der Waals surface area contributed by atoms with E-state index in [0.29, 0.717) is 6.73 Å². The summed E-state index contributed by atoms with van der Waals surface area (Å²) in [6, 6.07) is 15.5. The lowest BCUT2D eigenvalue weighted by Crippen LogP contribution is -2.47. The molecule has 2 saturated heterocycles. The van der Waals surface area contributed by atoms with E-state index in [2.05, 4.69) is 66.1 Å². The van der Waals surface area contributed by atoms with Gasteiger partial charge in [0.05, 0.1) is 5.69 Å². The Balaban J connectivity index is 1.37. The second kappa shape index (κ2) is 9.31. The summed E-state index contributed by atoms with van der Waals surface area (Å²) in [5.74, 6) is 0. The molecule has 28 heavy (non-hydrogen) atoms. The minimum absolute atomic E-state index is 0.00732. The fourth-order valence-corrected chi connectivity index (χ4v) is 4.86. The van der Waals surface area contributed by atoms with Gasteiger partial charge in [0.15, 0.2) is 6.29 Å². The average molecular weight is 399 g/mol. The number of ether oxygens (including phenoxy) is 2. The van der Waals surface area contributed by atoms with E-state index in [1.54, 1.807) is 0 Å². The standard InChI is InChI=1S/C23H30N2O2S/c1-18-9-10-21(19(2)16-18)28-22-7-4-3-6-20(22)25-13-11-24(12-14-25)17-27-23-8-5-15-26-23/h3-4,6-7,9-10,16,23H,5,8,11-15,17H2,1-2H3/t23-/m1/s1. The minimum atomic E-state index is 0.00732. The molecule has 0 unspecified atom stereocenters. The van der Waals surface area contributed by atoms with Gasteiger partial charge in [-0.15, -0.1) is 0 Å². The van der Waals surface area contributed by atoms with E-state index in [-0.39, 0.29) is 6.29 Å². The summed E-state index contributed by atoms with van der Waals surface area (Å²) in [6.45, 7) is 9.97. The van der Waals surface area contributed by atoms with Crippen molar-refractivity contribution >= 4 is 17.4 Å². The van der Waals surface area contributed by atoms with Gasteiger partial charge in [-0.1, -0.05) is 41.6 Å². The molecule has 0 spiro atoms. The molecule has 0 amide bonds. The van der Waals surface area contributed by atoms with Gasteiger partial charge in [-0.3, -0.25) is 4.90 Å². The number of hydrogen-bond donors (Lipinski definition) is 0. The molecule has 0 aliphatic carbocycles. The predicted octanol–water partition coefficient (Wildman–Crippen LogP) is 4.69. The molecular weight excluding hydrogens is 368 g/mol. The van der Waals surface area contributed by atoms with Crippen molar-refractivity contribution in [2.75, 3.05) is 44.4 Å². The molecule has 0 aromatic heterocycles. The highest BCUT2D eigenvalue weighted by atomic mass is 32.2. The molecule has 4 rings (SSSR count). The van der Waals surface area contributed by atoms with Gasteiger partial charge in [0.25, 0.3) is 0 Å². The van der Waals surface area contributed by atoms with Crippen molar-refractivity contribution in [1.82, 2.24) is 4.90 Å². The fraction of sp³-hybridized carbons (Fsp3) is 0.478. The summed E-state index contributed by atoms with van der Waals surface area (Å²) in [5, 5.41) is 0. The van der Waals surface area contributed by atoms with Gasteiger partial charge in [0.2, 0.25) is 0 Å². The van der Waals surface area contributed by atoms with Gasteiger partial charge in [0, 0.05) is 49.0 Å². The van der Waals surface area contributed by atoms with E-state index in [1.807, 2.05) is 11.8 Å². The number of para-hydroxylation sites is 1. The van der Waals surface area contributed by atoms with E-state index < -0.39 is 0 Å². The van der Waals surface area contributed by atoms with Gasteiger partial charge in [-0.25, -0.2) is 0 Å². The van der Waals surface area contributed by atoms with Gasteiger partial charge in [0.1, 0.15) is 6.73 Å². The van der Waals surface area contributed by atoms with Crippen molar-refractivity contribution in [1.29, 1.82) is 0 Å². The molecule has 1 atom stereocenters. The highest BCUT2D eigenvalue weighted by Crippen LogP contribution is 2.37. The maximum atomic E-state index is 5.89. The second-order valence-corrected chi connectivity index (χ2v) is 8.77. The zero-order valence-electron chi connectivity index (χ0n) is 16.9. The van der Waals surface area contributed by atoms with E-state index in [1.165, 1.54) is 26.6 Å². The molecule has 2 heterocycles. The van der Waals surface area contributed by atoms with Crippen molar-refractivity contribution in [2.24, 2.45) is 0 Å². The predicted molar refractivity (Wildman–Crippen MR) is 115 cm³/mol. The third-order valence-corrected chi connectivity index (χ3v) is 6.70. The Morgan fingerprint density at radius 2 is 1.86 bits per heavy atom.